The van der Waals surface area contributed by atoms with E-state index in [0.29, 0.717) is 0 Å². The van der Waals surface area contributed by atoms with Crippen molar-refractivity contribution in [1.82, 2.24) is 0 Å². The number of rotatable bonds is 3. The van der Waals surface area contributed by atoms with Gasteiger partial charge in [-0.25, -0.2) is 4.99 Å². The van der Waals surface area contributed by atoms with Crippen molar-refractivity contribution >= 4 is 23.5 Å². The Bertz CT molecular complexity index is 214. The smallest absolute Gasteiger partial charge is 0.0933 e. The molecule has 60 valence electrons. The SMILES string of the molecule is C/C=C(C=N)\C(=C/C)N=CCl. The van der Waals surface area contributed by atoms with E-state index in [1.165, 1.54) is 11.9 Å². The first kappa shape index (κ1) is 10.1. The summed E-state index contributed by atoms with van der Waals surface area (Å²) in [6, 6.07) is 0. The molecule has 0 aliphatic heterocycles. The van der Waals surface area contributed by atoms with E-state index in [9.17, 15) is 0 Å². The third kappa shape index (κ3) is 3.14. The Morgan fingerprint density at radius 1 is 1.36 bits per heavy atom. The van der Waals surface area contributed by atoms with Crippen molar-refractivity contribution in [2.24, 2.45) is 4.99 Å². The molecule has 0 atom stereocenters. The molecule has 0 radical (unpaired) electrons. The molecular weight excluding hydrogens is 160 g/mol. The third-order valence-electron chi connectivity index (χ3n) is 1.22. The quantitative estimate of drug-likeness (QED) is 0.500. The molecule has 0 aliphatic carbocycles. The molecule has 0 bridgehead atoms. The predicted molar refractivity (Wildman–Crippen MR) is 50.6 cm³/mol. The van der Waals surface area contributed by atoms with Gasteiger partial charge in [-0.05, 0) is 13.8 Å². The van der Waals surface area contributed by atoms with E-state index in [0.717, 1.165) is 11.3 Å². The lowest BCUT2D eigenvalue weighted by atomic mass is 10.2. The maximum absolute atomic E-state index is 7.02. The van der Waals surface area contributed by atoms with Gasteiger partial charge in [-0.15, -0.1) is 0 Å². The van der Waals surface area contributed by atoms with Crippen LogP contribution in [0.4, 0.5) is 0 Å². The molecule has 0 unspecified atom stereocenters. The molecule has 0 rings (SSSR count). The van der Waals surface area contributed by atoms with Gasteiger partial charge in [0.15, 0.2) is 0 Å². The molecule has 0 aromatic carbocycles. The number of hydrogen-bond acceptors (Lipinski definition) is 2. The molecule has 0 amide bonds. The maximum Gasteiger partial charge on any atom is 0.0933 e. The predicted octanol–water partition coefficient (Wildman–Crippen LogP) is 2.75. The number of hydrogen-bond donors (Lipinski definition) is 1. The fourth-order valence-corrected chi connectivity index (χ4v) is 0.779. The summed E-state index contributed by atoms with van der Waals surface area (Å²) in [7, 11) is 0. The van der Waals surface area contributed by atoms with Gasteiger partial charge in [0, 0.05) is 11.8 Å². The Balaban J connectivity index is 4.64. The third-order valence-corrected chi connectivity index (χ3v) is 1.32. The van der Waals surface area contributed by atoms with E-state index in [4.69, 9.17) is 17.0 Å². The highest BCUT2D eigenvalue weighted by atomic mass is 35.5. The number of aliphatic imine (C=N–C) groups is 1. The molecule has 0 saturated heterocycles. The molecule has 2 nitrogen and oxygen atoms in total. The summed E-state index contributed by atoms with van der Waals surface area (Å²) in [5.74, 6) is 0. The molecule has 1 N–H and O–H groups in total. The minimum atomic E-state index is 0.720. The van der Waals surface area contributed by atoms with E-state index in [-0.39, 0.29) is 0 Å². The number of nitrogens with one attached hydrogen (secondary N) is 1. The van der Waals surface area contributed by atoms with Crippen molar-refractivity contribution in [1.29, 1.82) is 5.41 Å². The Morgan fingerprint density at radius 3 is 2.27 bits per heavy atom. The molecule has 0 heterocycles. The van der Waals surface area contributed by atoms with Gasteiger partial charge in [0.2, 0.25) is 0 Å². The Morgan fingerprint density at radius 2 is 2.00 bits per heavy atom. The fraction of sp³-hybridized carbons (Fsp3) is 0.250. The van der Waals surface area contributed by atoms with Crippen LogP contribution in [0.15, 0.2) is 28.4 Å². The fourth-order valence-electron chi connectivity index (χ4n) is 0.673. The van der Waals surface area contributed by atoms with E-state index in [1.54, 1.807) is 6.08 Å². The first-order valence-corrected chi connectivity index (χ1v) is 3.70. The largest absolute Gasteiger partial charge is 0.308 e. The highest BCUT2D eigenvalue weighted by molar-refractivity contribution is 6.56. The first-order chi connectivity index (χ1) is 5.29. The van der Waals surface area contributed by atoms with E-state index < -0.39 is 0 Å². The topological polar surface area (TPSA) is 36.2 Å². The van der Waals surface area contributed by atoms with Crippen LogP contribution >= 0.6 is 11.6 Å². The van der Waals surface area contributed by atoms with Gasteiger partial charge in [-0.2, -0.15) is 0 Å². The van der Waals surface area contributed by atoms with Crippen LogP contribution in [0.2, 0.25) is 0 Å². The van der Waals surface area contributed by atoms with Crippen molar-refractivity contribution in [3.8, 4) is 0 Å². The molecular formula is C8H11ClN2. The van der Waals surface area contributed by atoms with Crippen molar-refractivity contribution < 1.29 is 0 Å². The van der Waals surface area contributed by atoms with Crippen molar-refractivity contribution in [2.45, 2.75) is 13.8 Å². The summed E-state index contributed by atoms with van der Waals surface area (Å²) in [6.07, 6.45) is 4.87. The zero-order chi connectivity index (χ0) is 8.69. The molecule has 0 aliphatic rings. The molecule has 11 heavy (non-hydrogen) atoms. The average Bonchev–Trinajstić information content (AvgIpc) is 2.05. The lowest BCUT2D eigenvalue weighted by molar-refractivity contribution is 1.34. The summed E-state index contributed by atoms with van der Waals surface area (Å²) in [5, 5.41) is 7.02. The van der Waals surface area contributed by atoms with Crippen molar-refractivity contribution in [3.05, 3.63) is 23.4 Å². The molecule has 0 spiro atoms. The van der Waals surface area contributed by atoms with Gasteiger partial charge >= 0.3 is 0 Å². The highest BCUT2D eigenvalue weighted by Crippen LogP contribution is 2.08. The zero-order valence-corrected chi connectivity index (χ0v) is 7.39. The number of nitrogens with zero attached hydrogens (tertiary/aromatic N) is 1. The minimum absolute atomic E-state index is 0.720. The van der Waals surface area contributed by atoms with Crippen molar-refractivity contribution in [2.75, 3.05) is 0 Å². The summed E-state index contributed by atoms with van der Waals surface area (Å²) in [4.78, 5) is 3.87. The molecule has 0 saturated carbocycles. The van der Waals surface area contributed by atoms with E-state index >= 15 is 0 Å². The van der Waals surface area contributed by atoms with Gasteiger partial charge in [0.25, 0.3) is 0 Å². The monoisotopic (exact) mass is 170 g/mol. The average molecular weight is 171 g/mol. The van der Waals surface area contributed by atoms with E-state index in [2.05, 4.69) is 4.99 Å². The summed E-state index contributed by atoms with van der Waals surface area (Å²) in [6.45, 7) is 3.71. The lowest BCUT2D eigenvalue weighted by Crippen LogP contribution is -1.86. The molecule has 0 aromatic rings. The molecule has 0 fully saturated rings. The van der Waals surface area contributed by atoms with Gasteiger partial charge in [-0.1, -0.05) is 23.8 Å². The Kier molecular flexibility index (Phi) is 5.39. The first-order valence-electron chi connectivity index (χ1n) is 3.26. The normalized spacial score (nSPS) is 14.1. The summed E-state index contributed by atoms with van der Waals surface area (Å²) >= 11 is 5.30. The van der Waals surface area contributed by atoms with Crippen LogP contribution in [0.5, 0.6) is 0 Å². The van der Waals surface area contributed by atoms with Gasteiger partial charge < -0.3 is 5.41 Å². The molecule has 3 heteroatoms. The minimum Gasteiger partial charge on any atom is -0.308 e. The highest BCUT2D eigenvalue weighted by Gasteiger charge is 1.95. The van der Waals surface area contributed by atoms with Gasteiger partial charge in [0.05, 0.1) is 11.4 Å². The van der Waals surface area contributed by atoms with Gasteiger partial charge in [-0.3, -0.25) is 0 Å². The van der Waals surface area contributed by atoms with Crippen LogP contribution in [0, 0.1) is 5.41 Å². The lowest BCUT2D eigenvalue weighted by Gasteiger charge is -1.97. The number of halogens is 1. The second kappa shape index (κ2) is 5.86. The molecule has 0 aromatic heterocycles. The zero-order valence-electron chi connectivity index (χ0n) is 6.63. The van der Waals surface area contributed by atoms with Gasteiger partial charge in [0.1, 0.15) is 0 Å². The maximum atomic E-state index is 7.02. The van der Waals surface area contributed by atoms with Crippen LogP contribution in [0.1, 0.15) is 13.8 Å². The van der Waals surface area contributed by atoms with Crippen LogP contribution in [0.3, 0.4) is 0 Å². The van der Waals surface area contributed by atoms with Crippen LogP contribution < -0.4 is 0 Å². The summed E-state index contributed by atoms with van der Waals surface area (Å²) < 4.78 is 0. The van der Waals surface area contributed by atoms with Crippen LogP contribution in [-0.2, 0) is 0 Å². The Labute approximate surface area is 71.8 Å². The van der Waals surface area contributed by atoms with Crippen molar-refractivity contribution in [3.63, 3.8) is 0 Å². The summed E-state index contributed by atoms with van der Waals surface area (Å²) in [5.41, 5.74) is 2.68. The standard InChI is InChI=1S/C8H11ClN2/c1-3-7(5-10)8(4-2)11-6-9/h3-6,10H,1-2H3/b7-3-,8-4+,10-5?,11-6?. The second-order valence-corrected chi connectivity index (χ2v) is 1.98. The van der Waals surface area contributed by atoms with Crippen LogP contribution in [-0.4, -0.2) is 11.9 Å². The number of allylic oxidation sites excluding steroid dienone is 3. The Hall–Kier alpha value is -0.890. The second-order valence-electron chi connectivity index (χ2n) is 1.79. The van der Waals surface area contributed by atoms with Crippen LogP contribution in [0.25, 0.3) is 0 Å². The van der Waals surface area contributed by atoms with E-state index in [1.807, 2.05) is 19.9 Å².